The van der Waals surface area contributed by atoms with Crippen molar-refractivity contribution in [3.05, 3.63) is 222 Å². The quantitative estimate of drug-likeness (QED) is 0.178. The predicted molar refractivity (Wildman–Crippen MR) is 242 cm³/mol. The van der Waals surface area contributed by atoms with Gasteiger partial charge in [0.2, 0.25) is 0 Å². The van der Waals surface area contributed by atoms with Gasteiger partial charge in [0.25, 0.3) is 0 Å². The van der Waals surface area contributed by atoms with Crippen molar-refractivity contribution < 1.29 is 0 Å². The molecule has 0 radical (unpaired) electrons. The fraction of sp³-hybridized carbons (Fsp3) is 0.0185. The zero-order chi connectivity index (χ0) is 38.0. The normalized spacial score (nSPS) is 13.3. The molecule has 0 N–H and O–H groups in total. The second kappa shape index (κ2) is 11.9. The Morgan fingerprint density at radius 3 is 1.78 bits per heavy atom. The molecule has 2 aliphatic carbocycles. The minimum atomic E-state index is -0.464. The number of hydrogen-bond acceptors (Lipinski definition) is 3. The SMILES string of the molecule is c1ccc(-c2nn3c(ccc4ccccc43)c2N(c2ccc3c(c2)C2(c4ccccc4-c4ccccc42)c2ccccc2-3)c2ccc3sc4ccccc4c3c2)cc1. The number of pyridine rings is 1. The Bertz CT molecular complexity index is 3420. The number of hydrogen-bond donors (Lipinski definition) is 0. The summed E-state index contributed by atoms with van der Waals surface area (Å²) in [5, 5.41) is 9.19. The van der Waals surface area contributed by atoms with E-state index in [1.54, 1.807) is 0 Å². The smallest absolute Gasteiger partial charge is 0.117 e. The standard InChI is InChI=1S/C54H33N3S/c1-2-15-35(16-3-1)52-53(49-30-26-34-14-4-12-24-48(34)57(49)55-52)56(36-28-31-51-43(32-36)42-20-8-13-25-50(42)58-51)37-27-29-41-40-19-7-11-23-46(40)54(47(41)33-37)44-21-9-5-17-38(44)39-18-6-10-22-45(39)54/h1-33H. The number of para-hydroxylation sites is 1. The first-order valence-corrected chi connectivity index (χ1v) is 20.7. The fourth-order valence-electron chi connectivity index (χ4n) is 10.2. The average Bonchev–Trinajstić information content (AvgIpc) is 4.02. The molecule has 8 aromatic carbocycles. The third kappa shape index (κ3) is 4.19. The molecule has 0 amide bonds. The summed E-state index contributed by atoms with van der Waals surface area (Å²) in [6, 6.07) is 73.8. The molecule has 0 bridgehead atoms. The van der Waals surface area contributed by atoms with Crippen molar-refractivity contribution in [1.29, 1.82) is 0 Å². The lowest BCUT2D eigenvalue weighted by Crippen LogP contribution is -2.26. The Hall–Kier alpha value is -7.27. The van der Waals surface area contributed by atoms with E-state index in [-0.39, 0.29) is 0 Å². The highest BCUT2D eigenvalue weighted by molar-refractivity contribution is 7.25. The van der Waals surface area contributed by atoms with Crippen LogP contribution in [-0.2, 0) is 5.41 Å². The third-order valence-electron chi connectivity index (χ3n) is 12.6. The Morgan fingerprint density at radius 2 is 1.02 bits per heavy atom. The molecule has 58 heavy (non-hydrogen) atoms. The molecule has 13 rings (SSSR count). The largest absolute Gasteiger partial charge is 0.306 e. The lowest BCUT2D eigenvalue weighted by atomic mass is 9.70. The molecule has 0 atom stereocenters. The molecular weight excluding hydrogens is 723 g/mol. The van der Waals surface area contributed by atoms with E-state index in [0.717, 1.165) is 44.7 Å². The summed E-state index contributed by atoms with van der Waals surface area (Å²) in [5.41, 5.74) is 17.4. The molecule has 2 aliphatic rings. The minimum Gasteiger partial charge on any atom is -0.306 e. The second-order valence-corrected chi connectivity index (χ2v) is 16.6. The highest BCUT2D eigenvalue weighted by Gasteiger charge is 2.51. The van der Waals surface area contributed by atoms with Crippen LogP contribution in [0.25, 0.3) is 70.1 Å². The van der Waals surface area contributed by atoms with Crippen LogP contribution in [0.5, 0.6) is 0 Å². The molecule has 11 aromatic rings. The van der Waals surface area contributed by atoms with E-state index in [0.29, 0.717) is 0 Å². The molecule has 0 aliphatic heterocycles. The van der Waals surface area contributed by atoms with Crippen LogP contribution < -0.4 is 4.90 Å². The van der Waals surface area contributed by atoms with Crippen molar-refractivity contribution in [2.45, 2.75) is 5.41 Å². The van der Waals surface area contributed by atoms with E-state index in [1.165, 1.54) is 64.7 Å². The lowest BCUT2D eigenvalue weighted by Gasteiger charge is -2.32. The van der Waals surface area contributed by atoms with Crippen LogP contribution in [-0.4, -0.2) is 9.61 Å². The highest BCUT2D eigenvalue weighted by Crippen LogP contribution is 2.63. The van der Waals surface area contributed by atoms with Crippen molar-refractivity contribution >= 4 is 65.0 Å². The van der Waals surface area contributed by atoms with Gasteiger partial charge in [-0.25, -0.2) is 4.52 Å². The number of aromatic nitrogens is 2. The van der Waals surface area contributed by atoms with Gasteiger partial charge in [0.05, 0.1) is 16.4 Å². The third-order valence-corrected chi connectivity index (χ3v) is 13.8. The summed E-state index contributed by atoms with van der Waals surface area (Å²) in [6.07, 6.45) is 0. The molecule has 0 unspecified atom stereocenters. The molecule has 3 nitrogen and oxygen atoms in total. The zero-order valence-electron chi connectivity index (χ0n) is 31.3. The maximum atomic E-state index is 5.50. The van der Waals surface area contributed by atoms with Crippen LogP contribution >= 0.6 is 11.3 Å². The van der Waals surface area contributed by atoms with Gasteiger partial charge in [-0.05, 0) is 93.0 Å². The van der Waals surface area contributed by atoms with Gasteiger partial charge in [-0.2, -0.15) is 5.10 Å². The van der Waals surface area contributed by atoms with Gasteiger partial charge in [-0.3, -0.25) is 0 Å². The van der Waals surface area contributed by atoms with Crippen LogP contribution in [0.3, 0.4) is 0 Å². The van der Waals surface area contributed by atoms with Crippen molar-refractivity contribution in [2.24, 2.45) is 0 Å². The van der Waals surface area contributed by atoms with E-state index in [9.17, 15) is 0 Å². The van der Waals surface area contributed by atoms with Gasteiger partial charge >= 0.3 is 0 Å². The molecule has 1 spiro atoms. The molecule has 3 heterocycles. The van der Waals surface area contributed by atoms with Crippen LogP contribution in [0, 0.1) is 0 Å². The number of benzene rings is 8. The first-order valence-electron chi connectivity index (χ1n) is 19.9. The maximum Gasteiger partial charge on any atom is 0.117 e. The molecule has 3 aromatic heterocycles. The van der Waals surface area contributed by atoms with Crippen LogP contribution in [0.1, 0.15) is 22.3 Å². The van der Waals surface area contributed by atoms with Crippen LogP contribution in [0.4, 0.5) is 17.1 Å². The van der Waals surface area contributed by atoms with Crippen molar-refractivity contribution in [3.8, 4) is 33.5 Å². The number of nitrogens with zero attached hydrogens (tertiary/aromatic N) is 3. The van der Waals surface area contributed by atoms with E-state index in [1.807, 2.05) is 11.3 Å². The van der Waals surface area contributed by atoms with E-state index < -0.39 is 5.41 Å². The minimum absolute atomic E-state index is 0.464. The molecule has 0 fully saturated rings. The topological polar surface area (TPSA) is 20.5 Å². The summed E-state index contributed by atoms with van der Waals surface area (Å²) < 4.78 is 4.72. The monoisotopic (exact) mass is 755 g/mol. The molecule has 4 heteroatoms. The zero-order valence-corrected chi connectivity index (χ0v) is 32.1. The highest BCUT2D eigenvalue weighted by atomic mass is 32.1. The Morgan fingerprint density at radius 1 is 0.431 bits per heavy atom. The van der Waals surface area contributed by atoms with Crippen molar-refractivity contribution in [2.75, 3.05) is 4.90 Å². The number of fused-ring (bicyclic) bond motifs is 16. The summed E-state index contributed by atoms with van der Waals surface area (Å²) >= 11 is 1.85. The van der Waals surface area contributed by atoms with Crippen molar-refractivity contribution in [3.63, 3.8) is 0 Å². The van der Waals surface area contributed by atoms with Gasteiger partial charge in [0.15, 0.2) is 0 Å². The Balaban J connectivity index is 1.15. The van der Waals surface area contributed by atoms with Crippen molar-refractivity contribution in [1.82, 2.24) is 9.61 Å². The molecule has 270 valence electrons. The Kier molecular flexibility index (Phi) is 6.53. The molecule has 0 saturated carbocycles. The van der Waals surface area contributed by atoms with Gasteiger partial charge in [-0.15, -0.1) is 11.3 Å². The maximum absolute atomic E-state index is 5.50. The summed E-state index contributed by atoms with van der Waals surface area (Å²) in [4.78, 5) is 2.48. The fourth-order valence-corrected chi connectivity index (χ4v) is 11.3. The first-order chi connectivity index (χ1) is 28.8. The van der Waals surface area contributed by atoms with Gasteiger partial charge in [0, 0.05) is 42.5 Å². The van der Waals surface area contributed by atoms with Gasteiger partial charge in [0.1, 0.15) is 11.4 Å². The second-order valence-electron chi connectivity index (χ2n) is 15.5. The molecule has 0 saturated heterocycles. The van der Waals surface area contributed by atoms with E-state index >= 15 is 0 Å². The summed E-state index contributed by atoms with van der Waals surface area (Å²) in [7, 11) is 0. The average molecular weight is 756 g/mol. The van der Waals surface area contributed by atoms with Crippen LogP contribution in [0.2, 0.25) is 0 Å². The first kappa shape index (κ1) is 31.9. The lowest BCUT2D eigenvalue weighted by molar-refractivity contribution is 0.793. The van der Waals surface area contributed by atoms with Gasteiger partial charge < -0.3 is 4.90 Å². The van der Waals surface area contributed by atoms with E-state index in [4.69, 9.17) is 5.10 Å². The number of rotatable bonds is 4. The number of thiophene rings is 1. The summed E-state index contributed by atoms with van der Waals surface area (Å²) in [5.74, 6) is 0. The van der Waals surface area contributed by atoms with Gasteiger partial charge in [-0.1, -0.05) is 152 Å². The molecular formula is C54H33N3S. The van der Waals surface area contributed by atoms with E-state index in [2.05, 4.69) is 210 Å². The number of anilines is 3. The Labute approximate surface area is 339 Å². The summed E-state index contributed by atoms with van der Waals surface area (Å²) in [6.45, 7) is 0. The predicted octanol–water partition coefficient (Wildman–Crippen LogP) is 14.3. The van der Waals surface area contributed by atoms with Crippen LogP contribution in [0.15, 0.2) is 200 Å².